The number of carbonyl (C=O) groups is 2. The van der Waals surface area contributed by atoms with E-state index in [1.807, 2.05) is 58.9 Å². The summed E-state index contributed by atoms with van der Waals surface area (Å²) in [6.45, 7) is 9.79. The van der Waals surface area contributed by atoms with Crippen LogP contribution in [0, 0.1) is 12.8 Å². The monoisotopic (exact) mass is 447 g/mol. The molecule has 33 heavy (non-hydrogen) atoms. The molecule has 2 heterocycles. The number of aromatic nitrogens is 3. The first-order chi connectivity index (χ1) is 15.6. The second-order valence-electron chi connectivity index (χ2n) is 9.63. The number of hydrogen-bond acceptors (Lipinski definition) is 6. The maximum atomic E-state index is 12.6. The number of carbonyl (C=O) groups excluding carboxylic acids is 2. The fourth-order valence-corrected chi connectivity index (χ4v) is 3.55. The van der Waals surface area contributed by atoms with Crippen molar-refractivity contribution in [3.05, 3.63) is 59.4 Å². The van der Waals surface area contributed by atoms with Gasteiger partial charge in [-0.2, -0.15) is 4.98 Å². The highest BCUT2D eigenvalue weighted by Gasteiger charge is 2.30. The van der Waals surface area contributed by atoms with Gasteiger partial charge in [0, 0.05) is 17.5 Å². The highest BCUT2D eigenvalue weighted by Crippen LogP contribution is 2.31. The van der Waals surface area contributed by atoms with Crippen LogP contribution in [0.5, 0.6) is 0 Å². The van der Waals surface area contributed by atoms with Gasteiger partial charge in [0.1, 0.15) is 5.82 Å². The average Bonchev–Trinajstić information content (AvgIpc) is 3.48. The number of nitrogens with zero attached hydrogens (tertiary/aromatic N) is 3. The van der Waals surface area contributed by atoms with Crippen molar-refractivity contribution in [1.29, 1.82) is 0 Å². The van der Waals surface area contributed by atoms with Gasteiger partial charge in [-0.25, -0.2) is 4.98 Å². The molecule has 172 valence electrons. The summed E-state index contributed by atoms with van der Waals surface area (Å²) in [5.74, 6) is 0.761. The Morgan fingerprint density at radius 1 is 1.12 bits per heavy atom. The molecule has 2 aromatic heterocycles. The van der Waals surface area contributed by atoms with Gasteiger partial charge in [-0.15, -0.1) is 0 Å². The summed E-state index contributed by atoms with van der Waals surface area (Å²) in [7, 11) is 0. The molecule has 1 aliphatic carbocycles. The summed E-state index contributed by atoms with van der Waals surface area (Å²) < 4.78 is 5.15. The lowest BCUT2D eigenvalue weighted by atomic mass is 9.96. The van der Waals surface area contributed by atoms with Crippen molar-refractivity contribution in [3.63, 3.8) is 0 Å². The SMILES string of the molecule is Cc1cc(-c2ccnc(NC(=O)C3CC3)c2)ccc1[C@@H](C)NC(=O)c1nc(C(C)(C)C)no1. The van der Waals surface area contributed by atoms with Crippen LogP contribution in [-0.2, 0) is 10.2 Å². The van der Waals surface area contributed by atoms with Gasteiger partial charge in [0.25, 0.3) is 0 Å². The molecule has 2 amide bonds. The van der Waals surface area contributed by atoms with Crippen LogP contribution in [0.2, 0.25) is 0 Å². The van der Waals surface area contributed by atoms with Crippen LogP contribution in [0.4, 0.5) is 5.82 Å². The average molecular weight is 448 g/mol. The largest absolute Gasteiger partial charge is 0.341 e. The van der Waals surface area contributed by atoms with Crippen molar-refractivity contribution < 1.29 is 14.1 Å². The number of rotatable bonds is 6. The van der Waals surface area contributed by atoms with Crippen molar-refractivity contribution in [3.8, 4) is 11.1 Å². The van der Waals surface area contributed by atoms with Crippen molar-refractivity contribution in [2.45, 2.75) is 58.9 Å². The van der Waals surface area contributed by atoms with E-state index in [2.05, 4.69) is 31.8 Å². The first kappa shape index (κ1) is 22.6. The van der Waals surface area contributed by atoms with Gasteiger partial charge in [0.2, 0.25) is 5.91 Å². The maximum Gasteiger partial charge on any atom is 0.315 e. The van der Waals surface area contributed by atoms with Crippen molar-refractivity contribution in [1.82, 2.24) is 20.4 Å². The lowest BCUT2D eigenvalue weighted by Crippen LogP contribution is -2.27. The van der Waals surface area contributed by atoms with Crippen molar-refractivity contribution in [2.75, 3.05) is 5.32 Å². The lowest BCUT2D eigenvalue weighted by Gasteiger charge is -2.17. The van der Waals surface area contributed by atoms with Gasteiger partial charge in [-0.05, 0) is 61.1 Å². The van der Waals surface area contributed by atoms with Gasteiger partial charge in [0.05, 0.1) is 6.04 Å². The molecule has 1 fully saturated rings. The molecule has 1 aromatic carbocycles. The van der Waals surface area contributed by atoms with E-state index in [-0.39, 0.29) is 29.2 Å². The minimum Gasteiger partial charge on any atom is -0.341 e. The Morgan fingerprint density at radius 3 is 2.48 bits per heavy atom. The number of aryl methyl sites for hydroxylation is 1. The van der Waals surface area contributed by atoms with Crippen molar-refractivity contribution >= 4 is 17.6 Å². The predicted octanol–water partition coefficient (Wildman–Crippen LogP) is 4.58. The Labute approximate surface area is 193 Å². The lowest BCUT2D eigenvalue weighted by molar-refractivity contribution is -0.117. The molecule has 0 aliphatic heterocycles. The van der Waals surface area contributed by atoms with Crippen LogP contribution in [0.15, 0.2) is 41.1 Å². The topological polar surface area (TPSA) is 110 Å². The Hall–Kier alpha value is -3.55. The quantitative estimate of drug-likeness (QED) is 0.572. The Balaban J connectivity index is 1.46. The minimum absolute atomic E-state index is 0.0339. The fourth-order valence-electron chi connectivity index (χ4n) is 3.55. The standard InChI is InChI=1S/C25H29N5O3/c1-14-12-17(18-10-11-26-20(13-18)28-21(31)16-6-7-16)8-9-19(14)15(2)27-22(32)23-29-24(30-33-23)25(3,4)5/h8-13,15-16H,6-7H2,1-5H3,(H,27,32)(H,26,28,31)/t15-/m1/s1. The Kier molecular flexibility index (Phi) is 6.01. The Bertz CT molecular complexity index is 1190. The normalized spacial score (nSPS) is 14.6. The minimum atomic E-state index is -0.404. The maximum absolute atomic E-state index is 12.6. The third-order valence-electron chi connectivity index (χ3n) is 5.67. The molecule has 0 saturated heterocycles. The molecule has 0 spiro atoms. The zero-order valence-corrected chi connectivity index (χ0v) is 19.6. The molecule has 1 saturated carbocycles. The van der Waals surface area contributed by atoms with Crippen LogP contribution in [0.3, 0.4) is 0 Å². The van der Waals surface area contributed by atoms with E-state index in [1.165, 1.54) is 0 Å². The molecule has 1 aliphatic rings. The Morgan fingerprint density at radius 2 is 1.85 bits per heavy atom. The molecule has 8 heteroatoms. The number of anilines is 1. The fraction of sp³-hybridized carbons (Fsp3) is 0.400. The van der Waals surface area contributed by atoms with Crippen LogP contribution in [0.1, 0.15) is 74.2 Å². The highest BCUT2D eigenvalue weighted by atomic mass is 16.5. The molecular weight excluding hydrogens is 418 g/mol. The smallest absolute Gasteiger partial charge is 0.315 e. The first-order valence-electron chi connectivity index (χ1n) is 11.1. The van der Waals surface area contributed by atoms with E-state index < -0.39 is 5.91 Å². The van der Waals surface area contributed by atoms with Gasteiger partial charge in [-0.3, -0.25) is 9.59 Å². The van der Waals surface area contributed by atoms with E-state index in [9.17, 15) is 9.59 Å². The molecular formula is C25H29N5O3. The summed E-state index contributed by atoms with van der Waals surface area (Å²) in [6, 6.07) is 9.59. The number of hydrogen-bond donors (Lipinski definition) is 2. The molecule has 0 radical (unpaired) electrons. The summed E-state index contributed by atoms with van der Waals surface area (Å²) in [4.78, 5) is 33.1. The molecule has 1 atom stereocenters. The highest BCUT2D eigenvalue weighted by molar-refractivity contribution is 5.93. The van der Waals surface area contributed by atoms with Crippen LogP contribution >= 0.6 is 0 Å². The molecule has 2 N–H and O–H groups in total. The number of nitrogens with one attached hydrogen (secondary N) is 2. The zero-order chi connectivity index (χ0) is 23.8. The van der Waals surface area contributed by atoms with Crippen LogP contribution < -0.4 is 10.6 Å². The molecule has 8 nitrogen and oxygen atoms in total. The van der Waals surface area contributed by atoms with E-state index in [1.54, 1.807) is 6.20 Å². The van der Waals surface area contributed by atoms with Crippen LogP contribution in [0.25, 0.3) is 11.1 Å². The van der Waals surface area contributed by atoms with Gasteiger partial charge in [-0.1, -0.05) is 44.1 Å². The number of amides is 2. The predicted molar refractivity (Wildman–Crippen MR) is 125 cm³/mol. The summed E-state index contributed by atoms with van der Waals surface area (Å²) in [6.07, 6.45) is 3.59. The molecule has 4 rings (SSSR count). The molecule has 0 bridgehead atoms. The van der Waals surface area contributed by atoms with Crippen molar-refractivity contribution in [2.24, 2.45) is 5.92 Å². The summed E-state index contributed by atoms with van der Waals surface area (Å²) in [5.41, 5.74) is 3.68. The van der Waals surface area contributed by atoms with Gasteiger partial charge >= 0.3 is 11.8 Å². The zero-order valence-electron chi connectivity index (χ0n) is 19.6. The molecule has 3 aromatic rings. The number of pyridine rings is 1. The van der Waals surface area contributed by atoms with E-state index in [4.69, 9.17) is 4.52 Å². The number of benzene rings is 1. The first-order valence-corrected chi connectivity index (χ1v) is 11.1. The molecule has 0 unspecified atom stereocenters. The third kappa shape index (κ3) is 5.27. The van der Waals surface area contributed by atoms with Gasteiger partial charge in [0.15, 0.2) is 5.82 Å². The summed E-state index contributed by atoms with van der Waals surface area (Å²) >= 11 is 0. The second-order valence-corrected chi connectivity index (χ2v) is 9.63. The van der Waals surface area contributed by atoms with Crippen LogP contribution in [-0.4, -0.2) is 26.9 Å². The van der Waals surface area contributed by atoms with E-state index in [0.717, 1.165) is 35.1 Å². The third-order valence-corrected chi connectivity index (χ3v) is 5.67. The van der Waals surface area contributed by atoms with E-state index in [0.29, 0.717) is 11.6 Å². The summed E-state index contributed by atoms with van der Waals surface area (Å²) in [5, 5.41) is 9.73. The van der Waals surface area contributed by atoms with Gasteiger partial charge < -0.3 is 15.2 Å². The van der Waals surface area contributed by atoms with E-state index >= 15 is 0 Å². The second kappa shape index (κ2) is 8.77.